The van der Waals surface area contributed by atoms with Gasteiger partial charge in [-0.15, -0.1) is 23.1 Å². The highest BCUT2D eigenvalue weighted by atomic mass is 32.2. The molecule has 1 fully saturated rings. The van der Waals surface area contributed by atoms with Crippen molar-refractivity contribution in [3.05, 3.63) is 70.7 Å². The Morgan fingerprint density at radius 1 is 1.06 bits per heavy atom. The number of carbonyl (C=O) groups is 2. The molecule has 0 bridgehead atoms. The van der Waals surface area contributed by atoms with Gasteiger partial charge in [-0.05, 0) is 55.1 Å². The predicted molar refractivity (Wildman–Crippen MR) is 138 cm³/mol. The van der Waals surface area contributed by atoms with Crippen LogP contribution < -0.4 is 10.2 Å². The van der Waals surface area contributed by atoms with Crippen LogP contribution in [-0.2, 0) is 15.3 Å². The summed E-state index contributed by atoms with van der Waals surface area (Å²) in [5.41, 5.74) is 5.09. The monoisotopic (exact) mass is 496 g/mol. The molecule has 1 amide bonds. The third-order valence-electron chi connectivity index (χ3n) is 5.63. The number of anilines is 2. The summed E-state index contributed by atoms with van der Waals surface area (Å²) >= 11 is 3.23. The van der Waals surface area contributed by atoms with E-state index in [0.717, 1.165) is 54.8 Å². The number of ether oxygens (including phenoxy) is 1. The van der Waals surface area contributed by atoms with Crippen LogP contribution in [0.2, 0.25) is 0 Å². The van der Waals surface area contributed by atoms with Crippen LogP contribution in [0.15, 0.2) is 64.3 Å². The number of esters is 1. The van der Waals surface area contributed by atoms with Crippen LogP contribution in [0, 0.1) is 0 Å². The number of thiazole rings is 1. The largest absolute Gasteiger partial charge is 0.452 e. The third kappa shape index (κ3) is 6.82. The average Bonchev–Trinajstić information content (AvgIpc) is 3.41. The first-order valence-electron chi connectivity index (χ1n) is 11.2. The Hall–Kier alpha value is -2.88. The summed E-state index contributed by atoms with van der Waals surface area (Å²) in [5, 5.41) is 4.80. The molecule has 1 aliphatic heterocycles. The van der Waals surface area contributed by atoms with Gasteiger partial charge in [0.05, 0.1) is 16.8 Å². The van der Waals surface area contributed by atoms with Crippen molar-refractivity contribution in [3.8, 4) is 0 Å². The fourth-order valence-electron chi connectivity index (χ4n) is 3.64. The van der Waals surface area contributed by atoms with E-state index in [4.69, 9.17) is 4.74 Å². The molecule has 1 aliphatic rings. The number of aromatic nitrogens is 1. The zero-order chi connectivity index (χ0) is 23.8. The number of hydrogen-bond donors (Lipinski definition) is 1. The van der Waals surface area contributed by atoms with Crippen LogP contribution in [0.25, 0.3) is 0 Å². The number of likely N-dealkylation sites (N-methyl/N-ethyl adjacent to an activating group) is 1. The molecule has 2 aromatic carbocycles. The van der Waals surface area contributed by atoms with E-state index in [1.807, 2.05) is 47.3 Å². The van der Waals surface area contributed by atoms with Gasteiger partial charge in [0.2, 0.25) is 0 Å². The number of thioether (sulfide) groups is 1. The van der Waals surface area contributed by atoms with Crippen LogP contribution in [-0.4, -0.2) is 61.1 Å². The molecule has 3 aromatic rings. The highest BCUT2D eigenvalue weighted by molar-refractivity contribution is 7.98. The Balaban J connectivity index is 1.20. The molecular formula is C25H28N4O3S2. The Kier molecular flexibility index (Phi) is 8.56. The maximum absolute atomic E-state index is 12.3. The van der Waals surface area contributed by atoms with Crippen molar-refractivity contribution >= 4 is 46.3 Å². The minimum atomic E-state index is -0.521. The van der Waals surface area contributed by atoms with Crippen LogP contribution >= 0.6 is 23.1 Å². The molecular weight excluding hydrogens is 468 g/mol. The predicted octanol–water partition coefficient (Wildman–Crippen LogP) is 4.37. The van der Waals surface area contributed by atoms with Gasteiger partial charge in [-0.3, -0.25) is 4.79 Å². The van der Waals surface area contributed by atoms with E-state index in [1.165, 1.54) is 0 Å². The Morgan fingerprint density at radius 2 is 1.79 bits per heavy atom. The lowest BCUT2D eigenvalue weighted by Crippen LogP contribution is -2.46. The quantitative estimate of drug-likeness (QED) is 0.348. The second-order valence-corrected chi connectivity index (χ2v) is 9.65. The molecule has 1 aromatic heterocycles. The summed E-state index contributed by atoms with van der Waals surface area (Å²) in [6.45, 7) is 7.07. The van der Waals surface area contributed by atoms with Gasteiger partial charge in [0.1, 0.15) is 0 Å². The smallest absolute Gasteiger partial charge is 0.338 e. The van der Waals surface area contributed by atoms with Gasteiger partial charge < -0.3 is 19.9 Å². The fourth-order valence-corrected chi connectivity index (χ4v) is 5.11. The van der Waals surface area contributed by atoms with Crippen molar-refractivity contribution in [2.24, 2.45) is 0 Å². The van der Waals surface area contributed by atoms with Crippen molar-refractivity contribution in [1.29, 1.82) is 0 Å². The standard InChI is InChI=1S/C25H28N4O3S2/c1-2-28-11-13-29(14-12-28)22-7-5-20(6-8-22)27-24(30)15-32-25(31)19-3-9-23(10-4-19)34-17-21-16-33-18-26-21/h3-10,16,18H,2,11-15,17H2,1H3,(H,27,30). The second kappa shape index (κ2) is 12.0. The van der Waals surface area contributed by atoms with Crippen molar-refractivity contribution < 1.29 is 14.3 Å². The number of carbonyl (C=O) groups excluding carboxylic acids is 2. The van der Waals surface area contributed by atoms with E-state index in [9.17, 15) is 9.59 Å². The van der Waals surface area contributed by atoms with Gasteiger partial charge in [0.15, 0.2) is 6.61 Å². The molecule has 4 rings (SSSR count). The first-order valence-corrected chi connectivity index (χ1v) is 13.2. The van der Waals surface area contributed by atoms with Crippen molar-refractivity contribution in [1.82, 2.24) is 9.88 Å². The van der Waals surface area contributed by atoms with E-state index < -0.39 is 5.97 Å². The maximum atomic E-state index is 12.3. The van der Waals surface area contributed by atoms with Gasteiger partial charge in [0.25, 0.3) is 5.91 Å². The van der Waals surface area contributed by atoms with E-state index in [1.54, 1.807) is 35.2 Å². The lowest BCUT2D eigenvalue weighted by Gasteiger charge is -2.35. The van der Waals surface area contributed by atoms with Gasteiger partial charge in [-0.25, -0.2) is 9.78 Å². The number of amides is 1. The first-order chi connectivity index (χ1) is 16.6. The van der Waals surface area contributed by atoms with Gasteiger partial charge in [0, 0.05) is 53.6 Å². The van der Waals surface area contributed by atoms with Gasteiger partial charge >= 0.3 is 5.97 Å². The summed E-state index contributed by atoms with van der Waals surface area (Å²) in [6, 6.07) is 14.9. The van der Waals surface area contributed by atoms with Crippen LogP contribution in [0.1, 0.15) is 23.0 Å². The number of benzene rings is 2. The minimum Gasteiger partial charge on any atom is -0.452 e. The van der Waals surface area contributed by atoms with Crippen molar-refractivity contribution in [2.45, 2.75) is 17.6 Å². The molecule has 9 heteroatoms. The zero-order valence-electron chi connectivity index (χ0n) is 19.1. The molecule has 0 saturated carbocycles. The zero-order valence-corrected chi connectivity index (χ0v) is 20.7. The van der Waals surface area contributed by atoms with E-state index >= 15 is 0 Å². The molecule has 0 aliphatic carbocycles. The average molecular weight is 497 g/mol. The van der Waals surface area contributed by atoms with Crippen molar-refractivity contribution in [3.63, 3.8) is 0 Å². The lowest BCUT2D eigenvalue weighted by molar-refractivity contribution is -0.119. The number of hydrogen-bond acceptors (Lipinski definition) is 8. The number of nitrogens with one attached hydrogen (secondary N) is 1. The first kappa shape index (κ1) is 24.3. The maximum Gasteiger partial charge on any atom is 0.338 e. The fraction of sp³-hybridized carbons (Fsp3) is 0.320. The topological polar surface area (TPSA) is 74.8 Å². The molecule has 0 spiro atoms. The van der Waals surface area contributed by atoms with Gasteiger partial charge in [-0.2, -0.15) is 0 Å². The molecule has 1 N–H and O–H groups in total. The molecule has 0 radical (unpaired) electrons. The normalized spacial score (nSPS) is 14.1. The molecule has 34 heavy (non-hydrogen) atoms. The van der Waals surface area contributed by atoms with Crippen LogP contribution in [0.3, 0.4) is 0 Å². The van der Waals surface area contributed by atoms with E-state index in [-0.39, 0.29) is 12.5 Å². The highest BCUT2D eigenvalue weighted by Crippen LogP contribution is 2.23. The summed E-state index contributed by atoms with van der Waals surface area (Å²) in [5.74, 6) is -0.106. The SMILES string of the molecule is CCN1CCN(c2ccc(NC(=O)COC(=O)c3ccc(SCc4cscn4)cc3)cc2)CC1. The summed E-state index contributed by atoms with van der Waals surface area (Å²) in [6.07, 6.45) is 0. The molecule has 7 nitrogen and oxygen atoms in total. The molecule has 178 valence electrons. The number of nitrogens with zero attached hydrogens (tertiary/aromatic N) is 3. The number of piperazine rings is 1. The Labute approximate surface area is 208 Å². The van der Waals surface area contributed by atoms with Gasteiger partial charge in [-0.1, -0.05) is 6.92 Å². The summed E-state index contributed by atoms with van der Waals surface area (Å²) < 4.78 is 5.18. The molecule has 0 unspecified atom stereocenters. The molecule has 0 atom stereocenters. The third-order valence-corrected chi connectivity index (χ3v) is 7.31. The van der Waals surface area contributed by atoms with Crippen LogP contribution in [0.4, 0.5) is 11.4 Å². The summed E-state index contributed by atoms with van der Waals surface area (Å²) in [4.78, 5) is 34.6. The molecule has 1 saturated heterocycles. The second-order valence-electron chi connectivity index (χ2n) is 7.89. The Morgan fingerprint density at radius 3 is 2.44 bits per heavy atom. The lowest BCUT2D eigenvalue weighted by atomic mass is 10.2. The molecule has 2 heterocycles. The minimum absolute atomic E-state index is 0.333. The number of rotatable bonds is 9. The summed E-state index contributed by atoms with van der Waals surface area (Å²) in [7, 11) is 0. The highest BCUT2D eigenvalue weighted by Gasteiger charge is 2.16. The van der Waals surface area contributed by atoms with Crippen molar-refractivity contribution in [2.75, 3.05) is 49.5 Å². The van der Waals surface area contributed by atoms with E-state index in [0.29, 0.717) is 11.3 Å². The Bertz CT molecular complexity index is 1060. The van der Waals surface area contributed by atoms with E-state index in [2.05, 4.69) is 27.0 Å². The van der Waals surface area contributed by atoms with Crippen LogP contribution in [0.5, 0.6) is 0 Å².